The molecule has 88 valence electrons. The molecule has 3 nitrogen and oxygen atoms in total. The molecule has 1 fully saturated rings. The Morgan fingerprint density at radius 1 is 1.47 bits per heavy atom. The fraction of sp³-hybridized carbons (Fsp3) is 0.909. The average Bonchev–Trinajstić information content (AvgIpc) is 2.22. The Labute approximate surface area is 97.0 Å². The van der Waals surface area contributed by atoms with E-state index in [-0.39, 0.29) is 5.91 Å². The lowest BCUT2D eigenvalue weighted by molar-refractivity contribution is -0.119. The van der Waals surface area contributed by atoms with Crippen LogP contribution in [-0.4, -0.2) is 48.5 Å². The smallest absolute Gasteiger partial charge is 0.230 e. The first kappa shape index (κ1) is 12.8. The summed E-state index contributed by atoms with van der Waals surface area (Å²) in [5, 5.41) is 3.10. The highest BCUT2D eigenvalue weighted by atomic mass is 32.2. The van der Waals surface area contributed by atoms with Crippen molar-refractivity contribution in [2.75, 3.05) is 31.6 Å². The number of nitrogens with one attached hydrogen (secondary N) is 1. The van der Waals surface area contributed by atoms with E-state index in [9.17, 15) is 4.79 Å². The molecule has 0 aliphatic carbocycles. The zero-order valence-corrected chi connectivity index (χ0v) is 10.6. The van der Waals surface area contributed by atoms with Crippen LogP contribution in [0.2, 0.25) is 0 Å². The highest BCUT2D eigenvalue weighted by Gasteiger charge is 2.19. The van der Waals surface area contributed by atoms with Gasteiger partial charge >= 0.3 is 0 Å². The molecule has 0 aromatic rings. The Morgan fingerprint density at radius 2 is 2.13 bits per heavy atom. The summed E-state index contributed by atoms with van der Waals surface area (Å²) in [5.74, 6) is 0.784. The van der Waals surface area contributed by atoms with E-state index in [1.165, 1.54) is 13.0 Å². The first-order valence-electron chi connectivity index (χ1n) is 5.77. The van der Waals surface area contributed by atoms with Gasteiger partial charge in [0, 0.05) is 19.1 Å². The topological polar surface area (TPSA) is 32.3 Å². The molecule has 1 heterocycles. The van der Waals surface area contributed by atoms with Crippen molar-refractivity contribution >= 4 is 17.7 Å². The Bertz CT molecular complexity index is 191. The number of piperidine rings is 1. The van der Waals surface area contributed by atoms with Crippen molar-refractivity contribution in [1.29, 1.82) is 0 Å². The Morgan fingerprint density at radius 3 is 2.67 bits per heavy atom. The maximum Gasteiger partial charge on any atom is 0.230 e. The Hall–Kier alpha value is -0.220. The number of hydrogen-bond acceptors (Lipinski definition) is 3. The van der Waals surface area contributed by atoms with Gasteiger partial charge in [0.2, 0.25) is 5.91 Å². The van der Waals surface area contributed by atoms with Crippen molar-refractivity contribution in [2.45, 2.75) is 32.2 Å². The second-order valence-electron chi connectivity index (χ2n) is 4.12. The van der Waals surface area contributed by atoms with E-state index >= 15 is 0 Å². The zero-order chi connectivity index (χ0) is 11.1. The summed E-state index contributed by atoms with van der Waals surface area (Å²) < 4.78 is 0. The lowest BCUT2D eigenvalue weighted by Crippen LogP contribution is -2.45. The summed E-state index contributed by atoms with van der Waals surface area (Å²) in [7, 11) is 0. The molecule has 0 saturated carbocycles. The molecular formula is C11H22N2OS. The second-order valence-corrected chi connectivity index (χ2v) is 4.98. The quantitative estimate of drug-likeness (QED) is 0.773. The highest BCUT2D eigenvalue weighted by molar-refractivity contribution is 7.99. The molecule has 4 heteroatoms. The molecule has 1 amide bonds. The van der Waals surface area contributed by atoms with Crippen LogP contribution in [0.1, 0.15) is 26.2 Å². The van der Waals surface area contributed by atoms with E-state index in [0.717, 1.165) is 25.9 Å². The second kappa shape index (κ2) is 7.12. The summed E-state index contributed by atoms with van der Waals surface area (Å²) in [6, 6.07) is 0.415. The van der Waals surface area contributed by atoms with Gasteiger partial charge in [-0.2, -0.15) is 11.8 Å². The van der Waals surface area contributed by atoms with E-state index in [2.05, 4.69) is 17.1 Å². The number of hydrogen-bond donors (Lipinski definition) is 1. The Balaban J connectivity index is 2.16. The van der Waals surface area contributed by atoms with E-state index in [1.54, 1.807) is 11.8 Å². The van der Waals surface area contributed by atoms with E-state index < -0.39 is 0 Å². The SMILES string of the molecule is CCCN1CCC(NC(=O)CSC)CC1. The molecule has 0 bridgehead atoms. The van der Waals surface area contributed by atoms with E-state index in [0.29, 0.717) is 11.8 Å². The monoisotopic (exact) mass is 230 g/mol. The van der Waals surface area contributed by atoms with Gasteiger partial charge in [0.05, 0.1) is 5.75 Å². The summed E-state index contributed by atoms with van der Waals surface area (Å²) in [4.78, 5) is 13.9. The fourth-order valence-electron chi connectivity index (χ4n) is 2.02. The van der Waals surface area contributed by atoms with Gasteiger partial charge in [-0.3, -0.25) is 4.79 Å². The molecule has 1 N–H and O–H groups in total. The van der Waals surface area contributed by atoms with Crippen molar-refractivity contribution < 1.29 is 4.79 Å². The summed E-state index contributed by atoms with van der Waals surface area (Å²) in [5.41, 5.74) is 0. The van der Waals surface area contributed by atoms with Crippen molar-refractivity contribution in [3.63, 3.8) is 0 Å². The van der Waals surface area contributed by atoms with Crippen LogP contribution in [0, 0.1) is 0 Å². The lowest BCUT2D eigenvalue weighted by Gasteiger charge is -2.32. The summed E-state index contributed by atoms with van der Waals surface area (Å²) >= 11 is 1.58. The molecule has 0 radical (unpaired) electrons. The fourth-order valence-corrected chi connectivity index (χ4v) is 2.36. The van der Waals surface area contributed by atoms with E-state index in [4.69, 9.17) is 0 Å². The van der Waals surface area contributed by atoms with Gasteiger partial charge in [-0.25, -0.2) is 0 Å². The number of carbonyl (C=O) groups excluding carboxylic acids is 1. The maximum atomic E-state index is 11.4. The van der Waals surface area contributed by atoms with Crippen molar-refractivity contribution in [1.82, 2.24) is 10.2 Å². The molecule has 15 heavy (non-hydrogen) atoms. The molecule has 1 aliphatic rings. The number of nitrogens with zero attached hydrogens (tertiary/aromatic N) is 1. The number of thioether (sulfide) groups is 1. The normalized spacial score (nSPS) is 19.1. The number of amides is 1. The van der Waals surface area contributed by atoms with Gasteiger partial charge in [0.25, 0.3) is 0 Å². The predicted octanol–water partition coefficient (Wildman–Crippen LogP) is 1.34. The van der Waals surface area contributed by atoms with Crippen molar-refractivity contribution in [3.05, 3.63) is 0 Å². The first-order chi connectivity index (χ1) is 7.26. The van der Waals surface area contributed by atoms with Crippen LogP contribution in [0.4, 0.5) is 0 Å². The molecule has 1 rings (SSSR count). The molecule has 1 aliphatic heterocycles. The summed E-state index contributed by atoms with van der Waals surface area (Å²) in [6.45, 7) is 5.69. The van der Waals surface area contributed by atoms with Crippen molar-refractivity contribution in [3.8, 4) is 0 Å². The minimum absolute atomic E-state index is 0.191. The van der Waals surface area contributed by atoms with Crippen LogP contribution in [0.3, 0.4) is 0 Å². The lowest BCUT2D eigenvalue weighted by atomic mass is 10.1. The van der Waals surface area contributed by atoms with Gasteiger partial charge in [-0.05, 0) is 32.1 Å². The number of likely N-dealkylation sites (tertiary alicyclic amines) is 1. The minimum Gasteiger partial charge on any atom is -0.353 e. The van der Waals surface area contributed by atoms with Gasteiger partial charge < -0.3 is 10.2 Å². The van der Waals surface area contributed by atoms with Gasteiger partial charge in [0.15, 0.2) is 0 Å². The predicted molar refractivity (Wildman–Crippen MR) is 66.3 cm³/mol. The van der Waals surface area contributed by atoms with Gasteiger partial charge in [-0.1, -0.05) is 6.92 Å². The molecule has 0 aromatic carbocycles. The number of carbonyl (C=O) groups is 1. The molecule has 1 saturated heterocycles. The third kappa shape index (κ3) is 4.89. The van der Waals surface area contributed by atoms with Crippen molar-refractivity contribution in [2.24, 2.45) is 0 Å². The van der Waals surface area contributed by atoms with Gasteiger partial charge in [0.1, 0.15) is 0 Å². The average molecular weight is 230 g/mol. The van der Waals surface area contributed by atoms with Crippen LogP contribution in [0.25, 0.3) is 0 Å². The van der Waals surface area contributed by atoms with Crippen LogP contribution >= 0.6 is 11.8 Å². The van der Waals surface area contributed by atoms with Crippen LogP contribution in [0.5, 0.6) is 0 Å². The minimum atomic E-state index is 0.191. The third-order valence-electron chi connectivity index (χ3n) is 2.77. The standard InChI is InChI=1S/C11H22N2OS/c1-3-6-13-7-4-10(5-8-13)12-11(14)9-15-2/h10H,3-9H2,1-2H3,(H,12,14). The van der Waals surface area contributed by atoms with Gasteiger partial charge in [-0.15, -0.1) is 0 Å². The van der Waals surface area contributed by atoms with E-state index in [1.807, 2.05) is 6.26 Å². The molecule has 0 aromatic heterocycles. The number of rotatable bonds is 5. The van der Waals surface area contributed by atoms with Crippen LogP contribution < -0.4 is 5.32 Å². The van der Waals surface area contributed by atoms with Crippen LogP contribution in [-0.2, 0) is 4.79 Å². The molecule has 0 spiro atoms. The largest absolute Gasteiger partial charge is 0.353 e. The molecular weight excluding hydrogens is 208 g/mol. The maximum absolute atomic E-state index is 11.4. The third-order valence-corrected chi connectivity index (χ3v) is 3.32. The molecule has 0 unspecified atom stereocenters. The van der Waals surface area contributed by atoms with Crippen LogP contribution in [0.15, 0.2) is 0 Å². The zero-order valence-electron chi connectivity index (χ0n) is 9.79. The molecule has 0 atom stereocenters. The Kier molecular flexibility index (Phi) is 6.10. The first-order valence-corrected chi connectivity index (χ1v) is 7.16. The summed E-state index contributed by atoms with van der Waals surface area (Å²) in [6.07, 6.45) is 5.41. The highest BCUT2D eigenvalue weighted by Crippen LogP contribution is 2.10.